The molecular weight excluding hydrogens is 887 g/mol. The SMILES string of the molecule is NC(NC(NCc1cc(-c2ccc3c(c2)C2(c4ccccc4-c4ccccc42)c2ccccc2-3)cc(-c2cccc3c(-c4nc5ccccc5c5c4CNC=C5)cccc23)c1)c1ccccc1)c1ccccc1. The van der Waals surface area contributed by atoms with Gasteiger partial charge in [0.05, 0.1) is 29.0 Å². The quantitative estimate of drug-likeness (QED) is 0.103. The summed E-state index contributed by atoms with van der Waals surface area (Å²) >= 11 is 0. The number of aromatic nitrogens is 1. The average molecular weight is 938 g/mol. The number of nitrogens with one attached hydrogen (secondary N) is 3. The smallest absolute Gasteiger partial charge is 0.0852 e. The van der Waals surface area contributed by atoms with Gasteiger partial charge in [0.15, 0.2) is 0 Å². The van der Waals surface area contributed by atoms with Crippen molar-refractivity contribution < 1.29 is 0 Å². The second-order valence-electron chi connectivity index (χ2n) is 19.6. The summed E-state index contributed by atoms with van der Waals surface area (Å²) in [5.74, 6) is 0. The maximum absolute atomic E-state index is 6.90. The first-order valence-electron chi connectivity index (χ1n) is 25.4. The number of hydrogen-bond donors (Lipinski definition) is 4. The van der Waals surface area contributed by atoms with Crippen molar-refractivity contribution in [1.82, 2.24) is 20.9 Å². The van der Waals surface area contributed by atoms with Crippen LogP contribution < -0.4 is 21.7 Å². The van der Waals surface area contributed by atoms with Crippen LogP contribution in [0.5, 0.6) is 0 Å². The third kappa shape index (κ3) is 7.00. The van der Waals surface area contributed by atoms with Gasteiger partial charge in [-0.05, 0) is 142 Å². The predicted molar refractivity (Wildman–Crippen MR) is 300 cm³/mol. The number of benzene rings is 10. The molecule has 0 saturated carbocycles. The third-order valence-electron chi connectivity index (χ3n) is 15.6. The standard InChI is InChI=1S/C68H51N5/c69-66(44-17-3-1-4-18-44)73-67(45-19-5-2-6-20-45)71-41-43-37-47(46-33-34-56-55-23-9-13-31-62(55)68(63(56)40-46)60-29-11-7-21-53(60)54-22-8-12-30-61(54)68)39-48(38-43)49-25-15-27-51-50(49)26-16-28-58(51)65-59-42-70-36-35-52(59)57-24-10-14-32-64(57)72-65/h1-40,66-67,70-71,73H,41-42,69H2. The Balaban J connectivity index is 0.940. The highest BCUT2D eigenvalue weighted by atomic mass is 15.2. The topological polar surface area (TPSA) is 75.0 Å². The maximum Gasteiger partial charge on any atom is 0.0852 e. The van der Waals surface area contributed by atoms with Crippen molar-refractivity contribution in [3.05, 3.63) is 287 Å². The molecule has 5 heteroatoms. The molecule has 0 saturated heterocycles. The molecule has 3 aliphatic rings. The zero-order valence-corrected chi connectivity index (χ0v) is 40.2. The van der Waals surface area contributed by atoms with Gasteiger partial charge in [-0.2, -0.15) is 0 Å². The first-order chi connectivity index (χ1) is 36.1. The van der Waals surface area contributed by atoms with Crippen LogP contribution in [0.3, 0.4) is 0 Å². The Morgan fingerprint density at radius 1 is 0.479 bits per heavy atom. The summed E-state index contributed by atoms with van der Waals surface area (Å²) in [6.45, 7) is 1.30. The summed E-state index contributed by atoms with van der Waals surface area (Å²) in [6, 6.07) is 84.2. The lowest BCUT2D eigenvalue weighted by molar-refractivity contribution is 0.386. The normalized spacial score (nSPS) is 14.3. The molecule has 0 bridgehead atoms. The Kier molecular flexibility index (Phi) is 10.4. The Bertz CT molecular complexity index is 3930. The second-order valence-corrected chi connectivity index (χ2v) is 19.6. The van der Waals surface area contributed by atoms with Gasteiger partial charge in [0.1, 0.15) is 0 Å². The summed E-state index contributed by atoms with van der Waals surface area (Å²) in [7, 11) is 0. The van der Waals surface area contributed by atoms with Crippen molar-refractivity contribution in [2.75, 3.05) is 0 Å². The van der Waals surface area contributed by atoms with Crippen LogP contribution in [-0.2, 0) is 18.5 Å². The molecule has 10 aromatic carbocycles. The van der Waals surface area contributed by atoms with Crippen LogP contribution in [0.25, 0.3) is 83.5 Å². The van der Waals surface area contributed by atoms with Gasteiger partial charge in [-0.25, -0.2) is 4.98 Å². The maximum atomic E-state index is 6.90. The van der Waals surface area contributed by atoms with E-state index < -0.39 is 5.41 Å². The van der Waals surface area contributed by atoms with Gasteiger partial charge < -0.3 is 11.1 Å². The fourth-order valence-corrected chi connectivity index (χ4v) is 12.4. The zero-order valence-electron chi connectivity index (χ0n) is 40.2. The highest BCUT2D eigenvalue weighted by Gasteiger charge is 2.51. The number of fused-ring (bicyclic) bond motifs is 14. The van der Waals surface area contributed by atoms with E-state index in [0.717, 1.165) is 44.6 Å². The Hall–Kier alpha value is -8.71. The fourth-order valence-electron chi connectivity index (χ4n) is 12.4. The Labute approximate surface area is 425 Å². The molecule has 73 heavy (non-hydrogen) atoms. The largest absolute Gasteiger partial charge is 0.387 e. The zero-order chi connectivity index (χ0) is 48.5. The van der Waals surface area contributed by atoms with E-state index >= 15 is 0 Å². The van der Waals surface area contributed by atoms with Crippen LogP contribution in [0, 0.1) is 0 Å². The Morgan fingerprint density at radius 2 is 1.04 bits per heavy atom. The van der Waals surface area contributed by atoms with Crippen molar-refractivity contribution in [3.63, 3.8) is 0 Å². The summed E-state index contributed by atoms with van der Waals surface area (Å²) in [4.78, 5) is 5.39. The van der Waals surface area contributed by atoms with Crippen molar-refractivity contribution in [3.8, 4) is 55.8 Å². The van der Waals surface area contributed by atoms with Crippen LogP contribution in [0.1, 0.15) is 62.4 Å². The van der Waals surface area contributed by atoms with Crippen molar-refractivity contribution in [2.45, 2.75) is 30.8 Å². The van der Waals surface area contributed by atoms with Gasteiger partial charge in [0.2, 0.25) is 0 Å². The third-order valence-corrected chi connectivity index (χ3v) is 15.6. The molecule has 1 aromatic heterocycles. The molecule has 2 heterocycles. The highest BCUT2D eigenvalue weighted by Crippen LogP contribution is 2.63. The molecule has 2 atom stereocenters. The van der Waals surface area contributed by atoms with Gasteiger partial charge >= 0.3 is 0 Å². The molecular formula is C68H51N5. The highest BCUT2D eigenvalue weighted by molar-refractivity contribution is 6.06. The average Bonchev–Trinajstić information content (AvgIpc) is 3.93. The minimum Gasteiger partial charge on any atom is -0.387 e. The van der Waals surface area contributed by atoms with Gasteiger partial charge in [0, 0.05) is 29.6 Å². The first kappa shape index (κ1) is 43.1. The van der Waals surface area contributed by atoms with Crippen LogP contribution >= 0.6 is 0 Å². The second kappa shape index (κ2) is 17.5. The van der Waals surface area contributed by atoms with E-state index in [1.54, 1.807) is 0 Å². The number of rotatable bonds is 10. The van der Waals surface area contributed by atoms with E-state index in [1.807, 2.05) is 18.2 Å². The molecule has 2 unspecified atom stereocenters. The predicted octanol–water partition coefficient (Wildman–Crippen LogP) is 14.8. The van der Waals surface area contributed by atoms with E-state index in [4.69, 9.17) is 10.7 Å². The van der Waals surface area contributed by atoms with Crippen molar-refractivity contribution in [1.29, 1.82) is 0 Å². The molecule has 0 radical (unpaired) electrons. The lowest BCUT2D eigenvalue weighted by Crippen LogP contribution is -2.39. The number of nitrogens with two attached hydrogens (primary N) is 1. The molecule has 348 valence electrons. The Morgan fingerprint density at radius 3 is 1.75 bits per heavy atom. The number of para-hydroxylation sites is 1. The van der Waals surface area contributed by atoms with Crippen LogP contribution in [0.4, 0.5) is 0 Å². The number of nitrogens with zero attached hydrogens (tertiary/aromatic N) is 1. The summed E-state index contributed by atoms with van der Waals surface area (Å²) < 4.78 is 0. The van der Waals surface area contributed by atoms with Crippen LogP contribution in [-0.4, -0.2) is 4.98 Å². The summed E-state index contributed by atoms with van der Waals surface area (Å²) in [6.07, 6.45) is 3.64. The molecule has 2 aliphatic carbocycles. The lowest BCUT2D eigenvalue weighted by Gasteiger charge is -2.30. The van der Waals surface area contributed by atoms with E-state index in [0.29, 0.717) is 13.1 Å². The summed E-state index contributed by atoms with van der Waals surface area (Å²) in [5, 5.41) is 14.7. The molecule has 11 aromatic rings. The lowest BCUT2D eigenvalue weighted by atomic mass is 9.70. The molecule has 5 nitrogen and oxygen atoms in total. The molecule has 0 fully saturated rings. The minimum absolute atomic E-state index is 0.228. The van der Waals surface area contributed by atoms with Gasteiger partial charge in [-0.3, -0.25) is 10.6 Å². The van der Waals surface area contributed by atoms with E-state index in [1.165, 1.54) is 82.9 Å². The minimum atomic E-state index is -0.448. The van der Waals surface area contributed by atoms with Gasteiger partial charge in [-0.15, -0.1) is 0 Å². The van der Waals surface area contributed by atoms with E-state index in [9.17, 15) is 0 Å². The number of pyridine rings is 1. The molecule has 5 N–H and O–H groups in total. The van der Waals surface area contributed by atoms with E-state index in [-0.39, 0.29) is 12.3 Å². The van der Waals surface area contributed by atoms with Gasteiger partial charge in [-0.1, -0.05) is 200 Å². The van der Waals surface area contributed by atoms with E-state index in [2.05, 4.69) is 241 Å². The van der Waals surface area contributed by atoms with Crippen molar-refractivity contribution >= 4 is 27.8 Å². The summed E-state index contributed by atoms with van der Waals surface area (Å²) in [5.41, 5.74) is 30.5. The first-order valence-corrected chi connectivity index (χ1v) is 25.4. The fraction of sp³-hybridized carbons (Fsp3) is 0.0735. The number of hydrogen-bond acceptors (Lipinski definition) is 5. The van der Waals surface area contributed by atoms with Crippen LogP contribution in [0.15, 0.2) is 237 Å². The monoisotopic (exact) mass is 937 g/mol. The van der Waals surface area contributed by atoms with Crippen LogP contribution in [0.2, 0.25) is 0 Å². The van der Waals surface area contributed by atoms with Crippen molar-refractivity contribution in [2.24, 2.45) is 5.73 Å². The molecule has 1 aliphatic heterocycles. The molecule has 14 rings (SSSR count). The molecule has 1 spiro atoms. The van der Waals surface area contributed by atoms with Gasteiger partial charge in [0.25, 0.3) is 0 Å². The molecule has 0 amide bonds.